The summed E-state index contributed by atoms with van der Waals surface area (Å²) in [4.78, 5) is 23.4. The molecule has 0 unspecified atom stereocenters. The maximum Gasteiger partial charge on any atom is 0.335 e. The van der Waals surface area contributed by atoms with Crippen molar-refractivity contribution in [2.24, 2.45) is 0 Å². The average Bonchev–Trinajstić information content (AvgIpc) is 2.67. The van der Waals surface area contributed by atoms with Crippen molar-refractivity contribution in [2.45, 2.75) is 18.3 Å². The van der Waals surface area contributed by atoms with Crippen molar-refractivity contribution in [3.8, 4) is 0 Å². The van der Waals surface area contributed by atoms with Gasteiger partial charge in [-0.1, -0.05) is 23.7 Å². The molecule has 0 aliphatic carbocycles. The molecule has 0 spiro atoms. The molecule has 1 aliphatic rings. The van der Waals surface area contributed by atoms with Crippen molar-refractivity contribution >= 4 is 23.5 Å². The Morgan fingerprint density at radius 3 is 2.35 bits per heavy atom. The van der Waals surface area contributed by atoms with Gasteiger partial charge in [-0.05, 0) is 54.8 Å². The van der Waals surface area contributed by atoms with Gasteiger partial charge in [0.1, 0.15) is 0 Å². The van der Waals surface area contributed by atoms with Crippen LogP contribution in [-0.4, -0.2) is 36.7 Å². The second-order valence-corrected chi connectivity index (χ2v) is 6.90. The molecule has 0 atom stereocenters. The summed E-state index contributed by atoms with van der Waals surface area (Å²) in [7, 11) is 0. The Morgan fingerprint density at radius 1 is 1.08 bits per heavy atom. The van der Waals surface area contributed by atoms with E-state index in [0.717, 1.165) is 18.4 Å². The average molecular weight is 374 g/mol. The molecule has 26 heavy (non-hydrogen) atoms. The third kappa shape index (κ3) is 4.06. The fourth-order valence-electron chi connectivity index (χ4n) is 3.26. The lowest BCUT2D eigenvalue weighted by molar-refractivity contribution is 0.0487. The van der Waals surface area contributed by atoms with Gasteiger partial charge in [-0.25, -0.2) is 4.79 Å². The van der Waals surface area contributed by atoms with Gasteiger partial charge in [0, 0.05) is 35.8 Å². The third-order valence-corrected chi connectivity index (χ3v) is 5.10. The fraction of sp³-hybridized carbons (Fsp3) is 0.300. The Kier molecular flexibility index (Phi) is 5.59. The van der Waals surface area contributed by atoms with Crippen LogP contribution in [0.3, 0.4) is 0 Å². The third-order valence-electron chi connectivity index (χ3n) is 4.87. The van der Waals surface area contributed by atoms with Gasteiger partial charge in [-0.2, -0.15) is 0 Å². The second kappa shape index (κ2) is 7.89. The van der Waals surface area contributed by atoms with E-state index < -0.39 is 5.97 Å². The van der Waals surface area contributed by atoms with Gasteiger partial charge in [0.2, 0.25) is 0 Å². The smallest absolute Gasteiger partial charge is 0.335 e. The SMILES string of the molecule is O=C(O)c1ccc(C(=O)NCC2(c3cccc(Cl)c3)CCOCC2)cc1. The molecule has 0 radical (unpaired) electrons. The Labute approximate surface area is 156 Å². The summed E-state index contributed by atoms with van der Waals surface area (Å²) in [5, 5.41) is 12.6. The summed E-state index contributed by atoms with van der Waals surface area (Å²) in [6.07, 6.45) is 1.59. The van der Waals surface area contributed by atoms with Crippen molar-refractivity contribution in [2.75, 3.05) is 19.8 Å². The second-order valence-electron chi connectivity index (χ2n) is 6.47. The molecular formula is C20H20ClNO4. The number of hydrogen-bond donors (Lipinski definition) is 2. The number of carbonyl (C=O) groups excluding carboxylic acids is 1. The van der Waals surface area contributed by atoms with Crippen LogP contribution in [0.25, 0.3) is 0 Å². The van der Waals surface area contributed by atoms with Gasteiger partial charge in [-0.3, -0.25) is 4.79 Å². The highest BCUT2D eigenvalue weighted by Gasteiger charge is 2.35. The number of carboxylic acid groups (broad SMARTS) is 1. The number of aromatic carboxylic acids is 1. The van der Waals surface area contributed by atoms with Crippen LogP contribution >= 0.6 is 11.6 Å². The minimum atomic E-state index is -1.01. The number of hydrogen-bond acceptors (Lipinski definition) is 3. The number of rotatable bonds is 5. The van der Waals surface area contributed by atoms with Crippen LogP contribution in [-0.2, 0) is 10.2 Å². The molecule has 6 heteroatoms. The highest BCUT2D eigenvalue weighted by atomic mass is 35.5. The molecule has 1 amide bonds. The van der Waals surface area contributed by atoms with E-state index in [-0.39, 0.29) is 16.9 Å². The molecule has 2 N–H and O–H groups in total. The zero-order valence-corrected chi connectivity index (χ0v) is 15.0. The fourth-order valence-corrected chi connectivity index (χ4v) is 3.45. The monoisotopic (exact) mass is 373 g/mol. The molecule has 0 saturated carbocycles. The molecule has 3 rings (SSSR count). The zero-order valence-electron chi connectivity index (χ0n) is 14.2. The van der Waals surface area contributed by atoms with Gasteiger partial charge in [0.05, 0.1) is 5.56 Å². The van der Waals surface area contributed by atoms with E-state index in [9.17, 15) is 9.59 Å². The molecule has 1 fully saturated rings. The van der Waals surface area contributed by atoms with Crippen molar-refractivity contribution in [3.05, 3.63) is 70.2 Å². The lowest BCUT2D eigenvalue weighted by Crippen LogP contribution is -2.44. The maximum atomic E-state index is 12.5. The molecular weight excluding hydrogens is 354 g/mol. The standard InChI is InChI=1S/C20H20ClNO4/c21-17-3-1-2-16(12-17)20(8-10-26-11-9-20)13-22-18(23)14-4-6-15(7-5-14)19(24)25/h1-7,12H,8-11,13H2,(H,22,23)(H,24,25). The van der Waals surface area contributed by atoms with Crippen LogP contribution in [0.4, 0.5) is 0 Å². The van der Waals surface area contributed by atoms with Gasteiger partial charge < -0.3 is 15.2 Å². The lowest BCUT2D eigenvalue weighted by atomic mass is 9.74. The van der Waals surface area contributed by atoms with Gasteiger partial charge >= 0.3 is 5.97 Å². The number of ether oxygens (including phenoxy) is 1. The van der Waals surface area contributed by atoms with Gasteiger partial charge in [0.25, 0.3) is 5.91 Å². The van der Waals surface area contributed by atoms with Crippen LogP contribution in [0.2, 0.25) is 5.02 Å². The normalized spacial score (nSPS) is 16.0. The molecule has 1 heterocycles. The van der Waals surface area contributed by atoms with Crippen LogP contribution < -0.4 is 5.32 Å². The molecule has 2 aromatic carbocycles. The topological polar surface area (TPSA) is 75.6 Å². The van der Waals surface area contributed by atoms with Gasteiger partial charge in [0.15, 0.2) is 0 Å². The van der Waals surface area contributed by atoms with Crippen LogP contribution in [0.15, 0.2) is 48.5 Å². The summed E-state index contributed by atoms with van der Waals surface area (Å²) in [6.45, 7) is 1.74. The van der Waals surface area contributed by atoms with Crippen LogP contribution in [0, 0.1) is 0 Å². The van der Waals surface area contributed by atoms with Gasteiger partial charge in [-0.15, -0.1) is 0 Å². The Balaban J connectivity index is 1.75. The first-order valence-electron chi connectivity index (χ1n) is 8.46. The Hall–Kier alpha value is -2.37. The molecule has 1 aliphatic heterocycles. The van der Waals surface area contributed by atoms with E-state index in [1.165, 1.54) is 24.3 Å². The number of nitrogens with one attached hydrogen (secondary N) is 1. The highest BCUT2D eigenvalue weighted by molar-refractivity contribution is 6.30. The van der Waals surface area contributed by atoms with Crippen molar-refractivity contribution in [1.29, 1.82) is 0 Å². The first kappa shape index (κ1) is 18.4. The van der Waals surface area contributed by atoms with E-state index in [4.69, 9.17) is 21.4 Å². The summed E-state index contributed by atoms with van der Waals surface area (Å²) in [6, 6.07) is 13.6. The highest BCUT2D eigenvalue weighted by Crippen LogP contribution is 2.35. The van der Waals surface area contributed by atoms with E-state index in [1.54, 1.807) is 0 Å². The maximum absolute atomic E-state index is 12.5. The largest absolute Gasteiger partial charge is 0.478 e. The predicted octanol–water partition coefficient (Wildman–Crippen LogP) is 3.52. The molecule has 1 saturated heterocycles. The van der Waals surface area contributed by atoms with E-state index in [2.05, 4.69) is 5.32 Å². The predicted molar refractivity (Wildman–Crippen MR) is 98.9 cm³/mol. The van der Waals surface area contributed by atoms with Crippen molar-refractivity contribution < 1.29 is 19.4 Å². The number of halogens is 1. The zero-order chi connectivity index (χ0) is 18.6. The van der Waals surface area contributed by atoms with E-state index in [1.807, 2.05) is 24.3 Å². The number of amides is 1. The molecule has 0 bridgehead atoms. The summed E-state index contributed by atoms with van der Waals surface area (Å²) in [5.41, 5.74) is 1.46. The Bertz CT molecular complexity index is 798. The number of carbonyl (C=O) groups is 2. The quantitative estimate of drug-likeness (QED) is 0.840. The van der Waals surface area contributed by atoms with E-state index >= 15 is 0 Å². The van der Waals surface area contributed by atoms with Crippen LogP contribution in [0.1, 0.15) is 39.1 Å². The molecule has 5 nitrogen and oxygen atoms in total. The molecule has 0 aromatic heterocycles. The first-order chi connectivity index (χ1) is 12.5. The van der Waals surface area contributed by atoms with Crippen molar-refractivity contribution in [3.63, 3.8) is 0 Å². The van der Waals surface area contributed by atoms with E-state index in [0.29, 0.717) is 30.3 Å². The lowest BCUT2D eigenvalue weighted by Gasteiger charge is -2.38. The summed E-state index contributed by atoms with van der Waals surface area (Å²) in [5.74, 6) is -1.24. The van der Waals surface area contributed by atoms with Crippen LogP contribution in [0.5, 0.6) is 0 Å². The first-order valence-corrected chi connectivity index (χ1v) is 8.83. The summed E-state index contributed by atoms with van der Waals surface area (Å²) < 4.78 is 5.50. The number of carboxylic acids is 1. The van der Waals surface area contributed by atoms with Crippen molar-refractivity contribution in [1.82, 2.24) is 5.32 Å². The molecule has 2 aromatic rings. The number of benzene rings is 2. The minimum absolute atomic E-state index is 0.154. The molecule has 136 valence electrons. The Morgan fingerprint density at radius 2 is 1.73 bits per heavy atom. The summed E-state index contributed by atoms with van der Waals surface area (Å²) >= 11 is 6.16. The minimum Gasteiger partial charge on any atom is -0.478 e.